The zero-order chi connectivity index (χ0) is 16.2. The number of methoxy groups -OCH3 is 1. The Morgan fingerprint density at radius 1 is 1.04 bits per heavy atom. The predicted octanol–water partition coefficient (Wildman–Crippen LogP) is 2.76. The third kappa shape index (κ3) is 1.51. The molecule has 2 aliphatic rings. The van der Waals surface area contributed by atoms with E-state index in [1.165, 1.54) is 0 Å². The second-order valence-corrected chi connectivity index (χ2v) is 6.09. The second kappa shape index (κ2) is 4.83. The van der Waals surface area contributed by atoms with E-state index in [0.29, 0.717) is 6.54 Å². The highest BCUT2D eigenvalue weighted by Crippen LogP contribution is 2.55. The molecular weight excluding hydrogens is 288 g/mol. The summed E-state index contributed by atoms with van der Waals surface area (Å²) in [6.45, 7) is 2.67. The predicted molar refractivity (Wildman–Crippen MR) is 90.9 cm³/mol. The minimum atomic E-state index is -0.785. The van der Waals surface area contributed by atoms with Crippen molar-refractivity contribution < 1.29 is 9.53 Å². The molecule has 2 aromatic rings. The van der Waals surface area contributed by atoms with Crippen molar-refractivity contribution in [3.63, 3.8) is 0 Å². The fourth-order valence-corrected chi connectivity index (χ4v) is 4.29. The maximum absolute atomic E-state index is 13.5. The smallest absolute Gasteiger partial charge is 0.246 e. The van der Waals surface area contributed by atoms with Crippen molar-refractivity contribution in [2.75, 3.05) is 30.5 Å². The molecule has 1 unspecified atom stereocenters. The van der Waals surface area contributed by atoms with Gasteiger partial charge in [-0.3, -0.25) is 4.79 Å². The van der Waals surface area contributed by atoms with Gasteiger partial charge in [0.2, 0.25) is 5.91 Å². The molecule has 1 spiro atoms. The highest BCUT2D eigenvalue weighted by Gasteiger charge is 2.62. The van der Waals surface area contributed by atoms with Gasteiger partial charge >= 0.3 is 0 Å². The molecule has 0 N–H and O–H groups in total. The molecule has 2 aromatic carbocycles. The maximum atomic E-state index is 13.5. The van der Waals surface area contributed by atoms with E-state index in [1.54, 1.807) is 7.11 Å². The second-order valence-electron chi connectivity index (χ2n) is 6.09. The molecule has 0 saturated carbocycles. The number of benzene rings is 2. The molecule has 23 heavy (non-hydrogen) atoms. The summed E-state index contributed by atoms with van der Waals surface area (Å²) in [6.07, 6.45) is -0.343. The van der Waals surface area contributed by atoms with Crippen LogP contribution in [0.1, 0.15) is 18.1 Å². The fourth-order valence-electron chi connectivity index (χ4n) is 4.29. The minimum absolute atomic E-state index is 0.102. The van der Waals surface area contributed by atoms with Crippen LogP contribution in [0.15, 0.2) is 48.5 Å². The molecule has 2 heterocycles. The van der Waals surface area contributed by atoms with E-state index in [2.05, 4.69) is 23.1 Å². The quantitative estimate of drug-likeness (QED) is 0.855. The summed E-state index contributed by atoms with van der Waals surface area (Å²) < 4.78 is 5.84. The molecule has 0 radical (unpaired) electrons. The van der Waals surface area contributed by atoms with E-state index in [0.717, 1.165) is 22.5 Å². The first-order valence-electron chi connectivity index (χ1n) is 7.94. The van der Waals surface area contributed by atoms with Crippen molar-refractivity contribution in [1.29, 1.82) is 0 Å². The molecule has 4 heteroatoms. The highest BCUT2D eigenvalue weighted by molar-refractivity contribution is 6.13. The van der Waals surface area contributed by atoms with Crippen LogP contribution in [0.4, 0.5) is 11.4 Å². The summed E-state index contributed by atoms with van der Waals surface area (Å²) in [6, 6.07) is 16.2. The monoisotopic (exact) mass is 308 g/mol. The molecule has 0 fully saturated rings. The SMILES string of the molecule is CCN1C(=O)C2(c3ccccc31)c1ccccc1N(C)[C@@H]2OC. The number of amides is 1. The van der Waals surface area contributed by atoms with E-state index in [-0.39, 0.29) is 12.1 Å². The number of carbonyl (C=O) groups excluding carboxylic acids is 1. The van der Waals surface area contributed by atoms with Gasteiger partial charge in [-0.05, 0) is 19.1 Å². The lowest BCUT2D eigenvalue weighted by molar-refractivity contribution is -0.125. The lowest BCUT2D eigenvalue weighted by atomic mass is 9.75. The van der Waals surface area contributed by atoms with Crippen LogP contribution in [0.2, 0.25) is 0 Å². The van der Waals surface area contributed by atoms with Gasteiger partial charge < -0.3 is 14.5 Å². The van der Waals surface area contributed by atoms with Gasteiger partial charge in [-0.2, -0.15) is 0 Å². The average Bonchev–Trinajstić information content (AvgIpc) is 2.99. The van der Waals surface area contributed by atoms with Gasteiger partial charge in [0.25, 0.3) is 0 Å². The molecule has 4 rings (SSSR count). The number of fused-ring (bicyclic) bond motifs is 4. The first kappa shape index (κ1) is 14.3. The number of carbonyl (C=O) groups is 1. The van der Waals surface area contributed by atoms with E-state index < -0.39 is 5.41 Å². The van der Waals surface area contributed by atoms with Gasteiger partial charge in [-0.25, -0.2) is 0 Å². The maximum Gasteiger partial charge on any atom is 0.246 e. The Bertz CT molecular complexity index is 788. The van der Waals surface area contributed by atoms with Crippen molar-refractivity contribution in [3.8, 4) is 0 Å². The van der Waals surface area contributed by atoms with Crippen LogP contribution in [-0.2, 0) is 14.9 Å². The summed E-state index contributed by atoms with van der Waals surface area (Å²) in [5, 5.41) is 0. The molecule has 0 bridgehead atoms. The number of likely N-dealkylation sites (N-methyl/N-ethyl adjacent to an activating group) is 2. The molecule has 0 saturated heterocycles. The molecule has 0 aliphatic carbocycles. The van der Waals surface area contributed by atoms with Crippen LogP contribution < -0.4 is 9.80 Å². The van der Waals surface area contributed by atoms with Gasteiger partial charge in [0.05, 0.1) is 0 Å². The summed E-state index contributed by atoms with van der Waals surface area (Å²) >= 11 is 0. The molecular formula is C19H20N2O2. The Kier molecular flexibility index (Phi) is 3.00. The number of para-hydroxylation sites is 2. The van der Waals surface area contributed by atoms with Crippen molar-refractivity contribution in [2.45, 2.75) is 18.6 Å². The minimum Gasteiger partial charge on any atom is -0.360 e. The van der Waals surface area contributed by atoms with E-state index in [9.17, 15) is 4.79 Å². The van der Waals surface area contributed by atoms with Crippen molar-refractivity contribution >= 4 is 17.3 Å². The van der Waals surface area contributed by atoms with Crippen molar-refractivity contribution in [1.82, 2.24) is 0 Å². The van der Waals surface area contributed by atoms with Crippen LogP contribution in [-0.4, -0.2) is 32.8 Å². The van der Waals surface area contributed by atoms with Crippen molar-refractivity contribution in [2.24, 2.45) is 0 Å². The Hall–Kier alpha value is -2.33. The van der Waals surface area contributed by atoms with Gasteiger partial charge in [0, 0.05) is 43.2 Å². The third-order valence-electron chi connectivity index (χ3n) is 5.17. The van der Waals surface area contributed by atoms with Crippen LogP contribution in [0, 0.1) is 0 Å². The third-order valence-corrected chi connectivity index (χ3v) is 5.17. The summed E-state index contributed by atoms with van der Waals surface area (Å²) in [5.41, 5.74) is 3.33. The lowest BCUT2D eigenvalue weighted by Gasteiger charge is -2.33. The van der Waals surface area contributed by atoms with Gasteiger partial charge in [-0.15, -0.1) is 0 Å². The molecule has 2 atom stereocenters. The van der Waals surface area contributed by atoms with E-state index >= 15 is 0 Å². The zero-order valence-corrected chi connectivity index (χ0v) is 13.6. The zero-order valence-electron chi connectivity index (χ0n) is 13.6. The van der Waals surface area contributed by atoms with E-state index in [1.807, 2.05) is 49.2 Å². The molecule has 4 nitrogen and oxygen atoms in total. The topological polar surface area (TPSA) is 32.8 Å². The van der Waals surface area contributed by atoms with Crippen LogP contribution in [0.5, 0.6) is 0 Å². The van der Waals surface area contributed by atoms with Crippen LogP contribution in [0.25, 0.3) is 0 Å². The number of hydrogen-bond donors (Lipinski definition) is 0. The van der Waals surface area contributed by atoms with Gasteiger partial charge in [-0.1, -0.05) is 36.4 Å². The first-order chi connectivity index (χ1) is 11.2. The normalized spacial score (nSPS) is 25.2. The molecule has 0 aromatic heterocycles. The Labute approximate surface area is 136 Å². The lowest BCUT2D eigenvalue weighted by Crippen LogP contribution is -2.52. The number of hydrogen-bond acceptors (Lipinski definition) is 3. The largest absolute Gasteiger partial charge is 0.360 e. The molecule has 2 aliphatic heterocycles. The summed E-state index contributed by atoms with van der Waals surface area (Å²) in [4.78, 5) is 17.5. The summed E-state index contributed by atoms with van der Waals surface area (Å²) in [7, 11) is 3.67. The Morgan fingerprint density at radius 3 is 2.22 bits per heavy atom. The van der Waals surface area contributed by atoms with Crippen LogP contribution >= 0.6 is 0 Å². The Balaban J connectivity index is 2.08. The Morgan fingerprint density at radius 2 is 1.61 bits per heavy atom. The standard InChI is InChI=1S/C19H20N2O2/c1-4-21-16-12-8-6-10-14(16)19(17(21)22)13-9-5-7-11-15(13)20(2)18(19)23-3/h5-12,18H,4H2,1-3H3/t18-,19?/m1/s1. The molecule has 1 amide bonds. The summed E-state index contributed by atoms with van der Waals surface area (Å²) in [5.74, 6) is 0.102. The fraction of sp³-hybridized carbons (Fsp3) is 0.316. The van der Waals surface area contributed by atoms with Crippen LogP contribution in [0.3, 0.4) is 0 Å². The van der Waals surface area contributed by atoms with E-state index in [4.69, 9.17) is 4.74 Å². The number of rotatable bonds is 2. The first-order valence-corrected chi connectivity index (χ1v) is 7.94. The number of anilines is 2. The number of nitrogens with zero attached hydrogens (tertiary/aromatic N) is 2. The van der Waals surface area contributed by atoms with Gasteiger partial charge in [0.15, 0.2) is 6.23 Å². The average molecular weight is 308 g/mol. The molecule has 118 valence electrons. The highest BCUT2D eigenvalue weighted by atomic mass is 16.5. The van der Waals surface area contributed by atoms with Gasteiger partial charge in [0.1, 0.15) is 5.41 Å². The van der Waals surface area contributed by atoms with Crippen molar-refractivity contribution in [3.05, 3.63) is 59.7 Å². The number of ether oxygens (including phenoxy) is 1.